The molecule has 43 heavy (non-hydrogen) atoms. The van der Waals surface area contributed by atoms with Gasteiger partial charge in [-0.1, -0.05) is 140 Å². The van der Waals surface area contributed by atoms with E-state index in [1.807, 2.05) is 11.3 Å². The van der Waals surface area contributed by atoms with Gasteiger partial charge in [0.1, 0.15) is 0 Å². The molecule has 0 aliphatic rings. The van der Waals surface area contributed by atoms with E-state index in [1.165, 1.54) is 85.9 Å². The lowest BCUT2D eigenvalue weighted by Crippen LogP contribution is -1.92. The molecular formula is C42H26S. The zero-order valence-electron chi connectivity index (χ0n) is 23.4. The van der Waals surface area contributed by atoms with E-state index in [-0.39, 0.29) is 0 Å². The molecular weight excluding hydrogens is 537 g/mol. The minimum Gasteiger partial charge on any atom is -0.135 e. The van der Waals surface area contributed by atoms with Gasteiger partial charge in [0, 0.05) is 20.2 Å². The molecule has 0 aliphatic heterocycles. The van der Waals surface area contributed by atoms with Crippen molar-refractivity contribution in [2.45, 2.75) is 0 Å². The Hall–Kier alpha value is -5.24. The van der Waals surface area contributed by atoms with E-state index >= 15 is 0 Å². The van der Waals surface area contributed by atoms with Crippen LogP contribution in [0.2, 0.25) is 0 Å². The van der Waals surface area contributed by atoms with E-state index in [0.29, 0.717) is 0 Å². The number of benzene rings is 8. The summed E-state index contributed by atoms with van der Waals surface area (Å²) in [5.74, 6) is 0. The molecule has 0 spiro atoms. The Balaban J connectivity index is 1.37. The summed E-state index contributed by atoms with van der Waals surface area (Å²) in [6.07, 6.45) is 0. The fourth-order valence-electron chi connectivity index (χ4n) is 7.00. The van der Waals surface area contributed by atoms with E-state index < -0.39 is 0 Å². The Morgan fingerprint density at radius 3 is 1.44 bits per heavy atom. The Morgan fingerprint density at radius 1 is 0.279 bits per heavy atom. The highest BCUT2D eigenvalue weighted by atomic mass is 32.1. The molecule has 200 valence electrons. The lowest BCUT2D eigenvalue weighted by Gasteiger charge is -2.19. The number of thiophene rings is 1. The van der Waals surface area contributed by atoms with Crippen molar-refractivity contribution in [3.8, 4) is 33.4 Å². The molecule has 9 rings (SSSR count). The molecule has 0 radical (unpaired) electrons. The summed E-state index contributed by atoms with van der Waals surface area (Å²) >= 11 is 1.87. The minimum atomic E-state index is 1.24. The molecule has 1 heteroatoms. The predicted octanol–water partition coefficient (Wildman–Crippen LogP) is 12.5. The van der Waals surface area contributed by atoms with Crippen LogP contribution >= 0.6 is 11.3 Å². The standard InChI is InChI=1S/C42H26S/c1-2-12-27(13-3-1)29-23-24-37(31-15-5-4-14-30(29)31)42-35-19-8-6-17-33(35)41(34-18-7-9-20-36(34)42)28-22-25-40-38(26-28)32-16-10-11-21-39(32)43-40/h1-26H. The van der Waals surface area contributed by atoms with Gasteiger partial charge < -0.3 is 0 Å². The van der Waals surface area contributed by atoms with Crippen molar-refractivity contribution in [3.05, 3.63) is 158 Å². The minimum absolute atomic E-state index is 1.24. The second-order valence-electron chi connectivity index (χ2n) is 11.2. The maximum Gasteiger partial charge on any atom is 0.0355 e. The van der Waals surface area contributed by atoms with Crippen molar-refractivity contribution in [1.29, 1.82) is 0 Å². The first-order valence-corrected chi connectivity index (χ1v) is 15.6. The maximum absolute atomic E-state index is 2.41. The molecule has 0 aliphatic carbocycles. The van der Waals surface area contributed by atoms with Gasteiger partial charge in [0.25, 0.3) is 0 Å². The fraction of sp³-hybridized carbons (Fsp3) is 0. The van der Waals surface area contributed by atoms with E-state index in [0.717, 1.165) is 0 Å². The van der Waals surface area contributed by atoms with Crippen LogP contribution in [-0.4, -0.2) is 0 Å². The molecule has 0 saturated carbocycles. The number of rotatable bonds is 3. The first-order valence-electron chi connectivity index (χ1n) is 14.8. The van der Waals surface area contributed by atoms with Gasteiger partial charge in [-0.05, 0) is 83.9 Å². The van der Waals surface area contributed by atoms with Gasteiger partial charge in [-0.2, -0.15) is 0 Å². The van der Waals surface area contributed by atoms with Gasteiger partial charge in [-0.25, -0.2) is 0 Å². The van der Waals surface area contributed by atoms with Crippen LogP contribution < -0.4 is 0 Å². The summed E-state index contributed by atoms with van der Waals surface area (Å²) in [5, 5.41) is 10.3. The number of fused-ring (bicyclic) bond motifs is 6. The molecule has 0 N–H and O–H groups in total. The van der Waals surface area contributed by atoms with Crippen LogP contribution in [0.15, 0.2) is 158 Å². The molecule has 0 fully saturated rings. The van der Waals surface area contributed by atoms with E-state index in [4.69, 9.17) is 0 Å². The van der Waals surface area contributed by atoms with Crippen LogP contribution in [0.1, 0.15) is 0 Å². The third kappa shape index (κ3) is 3.75. The number of hydrogen-bond donors (Lipinski definition) is 0. The zero-order valence-corrected chi connectivity index (χ0v) is 24.2. The second kappa shape index (κ2) is 9.66. The quantitative estimate of drug-likeness (QED) is 0.188. The molecule has 0 atom stereocenters. The molecule has 9 aromatic rings. The van der Waals surface area contributed by atoms with Crippen molar-refractivity contribution in [2.24, 2.45) is 0 Å². The SMILES string of the molecule is c1ccc(-c2ccc(-c3c4ccccc4c(-c4ccc5sc6ccccc6c5c4)c4ccccc34)c3ccccc23)cc1. The van der Waals surface area contributed by atoms with Crippen LogP contribution in [-0.2, 0) is 0 Å². The summed E-state index contributed by atoms with van der Waals surface area (Å²) in [5.41, 5.74) is 7.64. The lowest BCUT2D eigenvalue weighted by atomic mass is 9.83. The predicted molar refractivity (Wildman–Crippen MR) is 188 cm³/mol. The van der Waals surface area contributed by atoms with Crippen LogP contribution in [0, 0.1) is 0 Å². The third-order valence-electron chi connectivity index (χ3n) is 8.88. The summed E-state index contributed by atoms with van der Waals surface area (Å²) in [7, 11) is 0. The summed E-state index contributed by atoms with van der Waals surface area (Å²) in [4.78, 5) is 0. The molecule has 1 aromatic heterocycles. The molecule has 8 aromatic carbocycles. The topological polar surface area (TPSA) is 0 Å². The van der Waals surface area contributed by atoms with Crippen LogP contribution in [0.25, 0.3) is 85.9 Å². The Labute approximate surface area is 254 Å². The normalized spacial score (nSPS) is 11.7. The largest absolute Gasteiger partial charge is 0.135 e. The first kappa shape index (κ1) is 24.4. The Morgan fingerprint density at radius 2 is 0.767 bits per heavy atom. The van der Waals surface area contributed by atoms with Crippen LogP contribution in [0.5, 0.6) is 0 Å². The summed E-state index contributed by atoms with van der Waals surface area (Å²) < 4.78 is 2.67. The van der Waals surface area contributed by atoms with Gasteiger partial charge in [0.05, 0.1) is 0 Å². The van der Waals surface area contributed by atoms with Gasteiger partial charge in [0.15, 0.2) is 0 Å². The van der Waals surface area contributed by atoms with Crippen molar-refractivity contribution < 1.29 is 0 Å². The average Bonchev–Trinajstić information content (AvgIpc) is 3.45. The van der Waals surface area contributed by atoms with E-state index in [9.17, 15) is 0 Å². The van der Waals surface area contributed by atoms with Crippen LogP contribution in [0.3, 0.4) is 0 Å². The highest BCUT2D eigenvalue weighted by Gasteiger charge is 2.19. The zero-order chi connectivity index (χ0) is 28.3. The maximum atomic E-state index is 2.41. The van der Waals surface area contributed by atoms with Crippen molar-refractivity contribution >= 4 is 63.8 Å². The Kier molecular flexibility index (Phi) is 5.47. The molecule has 0 nitrogen and oxygen atoms in total. The first-order chi connectivity index (χ1) is 21.3. The molecule has 0 unspecified atom stereocenters. The van der Waals surface area contributed by atoms with Gasteiger partial charge >= 0.3 is 0 Å². The summed E-state index contributed by atoms with van der Waals surface area (Å²) in [6.45, 7) is 0. The fourth-order valence-corrected chi connectivity index (χ4v) is 8.08. The van der Waals surface area contributed by atoms with Gasteiger partial charge in [-0.3, -0.25) is 0 Å². The molecule has 1 heterocycles. The van der Waals surface area contributed by atoms with Crippen molar-refractivity contribution in [1.82, 2.24) is 0 Å². The van der Waals surface area contributed by atoms with E-state index in [1.54, 1.807) is 0 Å². The second-order valence-corrected chi connectivity index (χ2v) is 12.3. The monoisotopic (exact) mass is 562 g/mol. The number of hydrogen-bond acceptors (Lipinski definition) is 1. The highest BCUT2D eigenvalue weighted by Crippen LogP contribution is 2.47. The van der Waals surface area contributed by atoms with E-state index in [2.05, 4.69) is 158 Å². The third-order valence-corrected chi connectivity index (χ3v) is 10.0. The van der Waals surface area contributed by atoms with Gasteiger partial charge in [0.2, 0.25) is 0 Å². The molecule has 0 amide bonds. The van der Waals surface area contributed by atoms with Crippen molar-refractivity contribution in [3.63, 3.8) is 0 Å². The van der Waals surface area contributed by atoms with Gasteiger partial charge in [-0.15, -0.1) is 11.3 Å². The lowest BCUT2D eigenvalue weighted by molar-refractivity contribution is 1.64. The Bertz CT molecular complexity index is 2440. The average molecular weight is 563 g/mol. The highest BCUT2D eigenvalue weighted by molar-refractivity contribution is 7.25. The summed E-state index contributed by atoms with van der Waals surface area (Å²) in [6, 6.07) is 58.0. The molecule has 0 bridgehead atoms. The molecule has 0 saturated heterocycles. The smallest absolute Gasteiger partial charge is 0.0355 e. The van der Waals surface area contributed by atoms with Crippen molar-refractivity contribution in [2.75, 3.05) is 0 Å². The van der Waals surface area contributed by atoms with Crippen LogP contribution in [0.4, 0.5) is 0 Å².